The molecule has 0 bridgehead atoms. The first-order valence-corrected chi connectivity index (χ1v) is 12.4. The lowest BCUT2D eigenvalue weighted by molar-refractivity contribution is -0.113. The second-order valence-electron chi connectivity index (χ2n) is 8.28. The summed E-state index contributed by atoms with van der Waals surface area (Å²) in [5, 5.41) is 18.5. The van der Waals surface area contributed by atoms with E-state index in [2.05, 4.69) is 23.4 Å². The van der Waals surface area contributed by atoms with E-state index in [-0.39, 0.29) is 11.7 Å². The Labute approximate surface area is 189 Å². The number of rotatable bonds is 6. The van der Waals surface area contributed by atoms with Gasteiger partial charge in [-0.1, -0.05) is 36.9 Å². The molecule has 0 aliphatic heterocycles. The molecule has 0 unspecified atom stereocenters. The predicted molar refractivity (Wildman–Crippen MR) is 123 cm³/mol. The van der Waals surface area contributed by atoms with Gasteiger partial charge in [0.2, 0.25) is 11.1 Å². The molecule has 2 aromatic heterocycles. The first kappa shape index (κ1) is 20.3. The van der Waals surface area contributed by atoms with Crippen molar-refractivity contribution in [2.45, 2.75) is 50.1 Å². The highest BCUT2D eigenvalue weighted by Gasteiger charge is 2.30. The van der Waals surface area contributed by atoms with E-state index in [1.165, 1.54) is 16.6 Å². The largest absolute Gasteiger partial charge is 0.316 e. The summed E-state index contributed by atoms with van der Waals surface area (Å²) in [5.41, 5.74) is 2.77. The zero-order valence-corrected chi connectivity index (χ0v) is 18.9. The van der Waals surface area contributed by atoms with Crippen molar-refractivity contribution in [1.29, 1.82) is 5.26 Å². The lowest BCUT2D eigenvalue weighted by Crippen LogP contribution is -2.14. The number of nitrogens with one attached hydrogen (secondary N) is 1. The number of nitrogens with zero attached hydrogens (tertiary/aromatic N) is 4. The van der Waals surface area contributed by atoms with Crippen LogP contribution < -0.4 is 5.32 Å². The molecule has 31 heavy (non-hydrogen) atoms. The number of fused-ring (bicyclic) bond motifs is 1. The van der Waals surface area contributed by atoms with Crippen molar-refractivity contribution in [3.63, 3.8) is 0 Å². The van der Waals surface area contributed by atoms with Gasteiger partial charge in [0.05, 0.1) is 17.0 Å². The average molecular weight is 450 g/mol. The van der Waals surface area contributed by atoms with Crippen molar-refractivity contribution in [2.24, 2.45) is 5.92 Å². The van der Waals surface area contributed by atoms with Gasteiger partial charge in [0.15, 0.2) is 0 Å². The normalized spacial score (nSPS) is 17.7. The molecule has 1 atom stereocenters. The predicted octanol–water partition coefficient (Wildman–Crippen LogP) is 4.93. The van der Waals surface area contributed by atoms with E-state index in [4.69, 9.17) is 4.98 Å². The average Bonchev–Trinajstić information content (AvgIpc) is 3.44. The number of carbonyl (C=O) groups excluding carboxylic acids is 1. The number of thioether (sulfide) groups is 1. The van der Waals surface area contributed by atoms with Gasteiger partial charge >= 0.3 is 0 Å². The van der Waals surface area contributed by atoms with Crippen LogP contribution in [0, 0.1) is 17.2 Å². The summed E-state index contributed by atoms with van der Waals surface area (Å²) >= 11 is 2.90. The standard InChI is InChI=1S/C23H23N5OS2/c1-14-7-10-17-18(12-24)22(31-19(17)11-14)25-20(29)13-30-23-26-21(15-8-9-15)28(27-23)16-5-3-2-4-6-16/h2-6,14-15H,7-11,13H2,1H3,(H,25,29)/t14-/m1/s1. The van der Waals surface area contributed by atoms with Crippen molar-refractivity contribution in [2.75, 3.05) is 11.1 Å². The van der Waals surface area contributed by atoms with Gasteiger partial charge in [-0.05, 0) is 55.7 Å². The number of benzene rings is 1. The maximum atomic E-state index is 12.6. The Kier molecular flexibility index (Phi) is 5.55. The lowest BCUT2D eigenvalue weighted by atomic mass is 9.89. The highest BCUT2D eigenvalue weighted by Crippen LogP contribution is 2.41. The van der Waals surface area contributed by atoms with E-state index in [1.54, 1.807) is 11.3 Å². The topological polar surface area (TPSA) is 83.6 Å². The minimum Gasteiger partial charge on any atom is -0.316 e. The van der Waals surface area contributed by atoms with Gasteiger partial charge in [0, 0.05) is 10.8 Å². The number of hydrogen-bond donors (Lipinski definition) is 1. The van der Waals surface area contributed by atoms with Crippen LogP contribution in [-0.2, 0) is 17.6 Å². The summed E-state index contributed by atoms with van der Waals surface area (Å²) in [7, 11) is 0. The summed E-state index contributed by atoms with van der Waals surface area (Å²) in [5.74, 6) is 2.14. The van der Waals surface area contributed by atoms with Gasteiger partial charge in [-0.2, -0.15) is 5.26 Å². The van der Waals surface area contributed by atoms with Crippen LogP contribution in [0.3, 0.4) is 0 Å². The number of thiophene rings is 1. The number of aromatic nitrogens is 3. The highest BCUT2D eigenvalue weighted by atomic mass is 32.2. The SMILES string of the molecule is C[C@@H]1CCc2c(sc(NC(=O)CSc3nc(C4CC4)n(-c4ccccc4)n3)c2C#N)C1. The second-order valence-corrected chi connectivity index (χ2v) is 10.3. The van der Waals surface area contributed by atoms with Crippen LogP contribution in [0.4, 0.5) is 5.00 Å². The maximum Gasteiger partial charge on any atom is 0.235 e. The van der Waals surface area contributed by atoms with E-state index in [0.717, 1.165) is 49.2 Å². The van der Waals surface area contributed by atoms with E-state index >= 15 is 0 Å². The Morgan fingerprint density at radius 1 is 1.32 bits per heavy atom. The molecular formula is C23H23N5OS2. The Morgan fingerprint density at radius 2 is 2.13 bits per heavy atom. The highest BCUT2D eigenvalue weighted by molar-refractivity contribution is 7.99. The molecule has 1 N–H and O–H groups in total. The summed E-state index contributed by atoms with van der Waals surface area (Å²) in [6.45, 7) is 2.24. The molecule has 1 saturated carbocycles. The number of nitriles is 1. The van der Waals surface area contributed by atoms with E-state index in [1.807, 2.05) is 35.0 Å². The number of hydrogen-bond acceptors (Lipinski definition) is 6. The molecule has 2 aliphatic rings. The molecule has 5 rings (SSSR count). The van der Waals surface area contributed by atoms with Gasteiger partial charge in [-0.25, -0.2) is 9.67 Å². The van der Waals surface area contributed by atoms with Crippen LogP contribution in [0.25, 0.3) is 5.69 Å². The van der Waals surface area contributed by atoms with Crippen molar-refractivity contribution < 1.29 is 4.79 Å². The molecule has 8 heteroatoms. The number of amides is 1. The van der Waals surface area contributed by atoms with Crippen LogP contribution in [-0.4, -0.2) is 26.4 Å². The fraction of sp³-hybridized carbons (Fsp3) is 0.391. The first-order valence-electron chi connectivity index (χ1n) is 10.6. The Bertz CT molecular complexity index is 1160. The zero-order chi connectivity index (χ0) is 21.4. The third-order valence-corrected chi connectivity index (χ3v) is 7.77. The van der Waals surface area contributed by atoms with E-state index in [9.17, 15) is 10.1 Å². The summed E-state index contributed by atoms with van der Waals surface area (Å²) < 4.78 is 1.90. The Balaban J connectivity index is 1.28. The van der Waals surface area contributed by atoms with Crippen LogP contribution in [0.15, 0.2) is 35.5 Å². The molecule has 1 amide bonds. The Hall–Kier alpha value is -2.63. The van der Waals surface area contributed by atoms with Crippen LogP contribution in [0.1, 0.15) is 53.9 Å². The zero-order valence-electron chi connectivity index (χ0n) is 17.3. The van der Waals surface area contributed by atoms with E-state index < -0.39 is 0 Å². The number of carbonyl (C=O) groups is 1. The molecule has 3 aromatic rings. The molecule has 1 aromatic carbocycles. The molecule has 0 saturated heterocycles. The maximum absolute atomic E-state index is 12.6. The third-order valence-electron chi connectivity index (χ3n) is 5.76. The molecule has 0 spiro atoms. The quantitative estimate of drug-likeness (QED) is 0.539. The van der Waals surface area contributed by atoms with Gasteiger partial charge in [-0.15, -0.1) is 16.4 Å². The summed E-state index contributed by atoms with van der Waals surface area (Å²) in [6, 6.07) is 12.3. The number of anilines is 1. The molecule has 2 heterocycles. The lowest BCUT2D eigenvalue weighted by Gasteiger charge is -2.17. The molecule has 0 radical (unpaired) electrons. The monoisotopic (exact) mass is 449 g/mol. The molecule has 158 valence electrons. The van der Waals surface area contributed by atoms with Gasteiger partial charge in [-0.3, -0.25) is 4.79 Å². The van der Waals surface area contributed by atoms with Gasteiger partial charge < -0.3 is 5.32 Å². The van der Waals surface area contributed by atoms with Crippen LogP contribution >= 0.6 is 23.1 Å². The van der Waals surface area contributed by atoms with Crippen molar-refractivity contribution in [1.82, 2.24) is 14.8 Å². The van der Waals surface area contributed by atoms with Gasteiger partial charge in [0.1, 0.15) is 16.9 Å². The Morgan fingerprint density at radius 3 is 2.87 bits per heavy atom. The fourth-order valence-corrected chi connectivity index (χ4v) is 5.99. The smallest absolute Gasteiger partial charge is 0.235 e. The van der Waals surface area contributed by atoms with Crippen LogP contribution in [0.5, 0.6) is 0 Å². The molecule has 6 nitrogen and oxygen atoms in total. The van der Waals surface area contributed by atoms with E-state index in [0.29, 0.717) is 27.6 Å². The second kappa shape index (κ2) is 8.48. The first-order chi connectivity index (χ1) is 15.1. The van der Waals surface area contributed by atoms with Crippen molar-refractivity contribution >= 4 is 34.0 Å². The third kappa shape index (κ3) is 4.25. The number of para-hydroxylation sites is 1. The van der Waals surface area contributed by atoms with Crippen molar-refractivity contribution in [3.8, 4) is 11.8 Å². The summed E-state index contributed by atoms with van der Waals surface area (Å²) in [4.78, 5) is 18.6. The minimum atomic E-state index is -0.128. The molecule has 2 aliphatic carbocycles. The van der Waals surface area contributed by atoms with Crippen LogP contribution in [0.2, 0.25) is 0 Å². The summed E-state index contributed by atoms with van der Waals surface area (Å²) in [6.07, 6.45) is 5.28. The molecular weight excluding hydrogens is 426 g/mol. The molecule has 1 fully saturated rings. The van der Waals surface area contributed by atoms with Gasteiger partial charge in [0.25, 0.3) is 0 Å². The van der Waals surface area contributed by atoms with Crippen molar-refractivity contribution in [3.05, 3.63) is 52.2 Å². The fourth-order valence-electron chi connectivity index (χ4n) is 3.98. The minimum absolute atomic E-state index is 0.128.